The fourth-order valence-electron chi connectivity index (χ4n) is 2.77. The Morgan fingerprint density at radius 1 is 1.09 bits per heavy atom. The van der Waals surface area contributed by atoms with Crippen LogP contribution in [-0.2, 0) is 4.74 Å². The highest BCUT2D eigenvalue weighted by Crippen LogP contribution is 2.30. The first-order valence-electron chi connectivity index (χ1n) is 7.52. The number of hydrogen-bond acceptors (Lipinski definition) is 5. The zero-order valence-corrected chi connectivity index (χ0v) is 13.1. The van der Waals surface area contributed by atoms with E-state index in [9.17, 15) is 0 Å². The lowest BCUT2D eigenvalue weighted by molar-refractivity contribution is 0.195. The van der Waals surface area contributed by atoms with Crippen LogP contribution < -0.4 is 5.32 Å². The van der Waals surface area contributed by atoms with Crippen molar-refractivity contribution in [1.29, 1.82) is 0 Å². The van der Waals surface area contributed by atoms with Crippen LogP contribution in [0.15, 0.2) is 42.7 Å². The zero-order valence-electron chi connectivity index (χ0n) is 12.4. The normalized spacial score (nSPS) is 17.5. The standard InChI is InChI=1S/C17H15ClN4O/c18-12-3-1-11(2-4-12)16-15-9-19-7-5-14(15)17(22-21-16)20-13-6-8-23-10-13/h1-5,7,9,13H,6,8,10H2,(H,20,22). The number of ether oxygens (including phenoxy) is 1. The first-order chi connectivity index (χ1) is 11.3. The van der Waals surface area contributed by atoms with Gasteiger partial charge in [-0.05, 0) is 24.6 Å². The van der Waals surface area contributed by atoms with E-state index < -0.39 is 0 Å². The van der Waals surface area contributed by atoms with Gasteiger partial charge in [-0.1, -0.05) is 23.7 Å². The summed E-state index contributed by atoms with van der Waals surface area (Å²) in [5, 5.41) is 14.9. The predicted octanol–water partition coefficient (Wildman–Crippen LogP) is 3.55. The van der Waals surface area contributed by atoms with Gasteiger partial charge in [0.2, 0.25) is 0 Å². The zero-order chi connectivity index (χ0) is 15.6. The van der Waals surface area contributed by atoms with Crippen molar-refractivity contribution in [3.63, 3.8) is 0 Å². The molecule has 1 aliphatic rings. The van der Waals surface area contributed by atoms with E-state index >= 15 is 0 Å². The number of anilines is 1. The van der Waals surface area contributed by atoms with Gasteiger partial charge in [-0.2, -0.15) is 0 Å². The summed E-state index contributed by atoms with van der Waals surface area (Å²) >= 11 is 5.97. The molecular formula is C17H15ClN4O. The number of pyridine rings is 1. The Morgan fingerprint density at radius 3 is 2.74 bits per heavy atom. The average Bonchev–Trinajstić information content (AvgIpc) is 3.09. The first kappa shape index (κ1) is 14.4. The Balaban J connectivity index is 1.79. The van der Waals surface area contributed by atoms with Gasteiger partial charge in [-0.3, -0.25) is 4.98 Å². The molecule has 4 rings (SSSR count). The highest BCUT2D eigenvalue weighted by molar-refractivity contribution is 6.30. The summed E-state index contributed by atoms with van der Waals surface area (Å²) in [5.74, 6) is 0.774. The van der Waals surface area contributed by atoms with Crippen molar-refractivity contribution in [2.75, 3.05) is 18.5 Å². The maximum absolute atomic E-state index is 5.97. The third-order valence-corrected chi connectivity index (χ3v) is 4.22. The number of benzene rings is 1. The molecule has 116 valence electrons. The van der Waals surface area contributed by atoms with E-state index in [1.807, 2.05) is 36.5 Å². The summed E-state index contributed by atoms with van der Waals surface area (Å²) in [6.45, 7) is 1.49. The van der Waals surface area contributed by atoms with Gasteiger partial charge >= 0.3 is 0 Å². The molecule has 1 aromatic carbocycles. The lowest BCUT2D eigenvalue weighted by Gasteiger charge is -2.14. The summed E-state index contributed by atoms with van der Waals surface area (Å²) in [6, 6.07) is 9.82. The van der Waals surface area contributed by atoms with Crippen LogP contribution in [0.4, 0.5) is 5.82 Å². The summed E-state index contributed by atoms with van der Waals surface area (Å²) < 4.78 is 5.41. The Morgan fingerprint density at radius 2 is 1.96 bits per heavy atom. The Labute approximate surface area is 138 Å². The van der Waals surface area contributed by atoms with Crippen LogP contribution in [0.3, 0.4) is 0 Å². The molecule has 3 aromatic rings. The van der Waals surface area contributed by atoms with E-state index in [-0.39, 0.29) is 6.04 Å². The third-order valence-electron chi connectivity index (χ3n) is 3.97. The lowest BCUT2D eigenvalue weighted by atomic mass is 10.1. The lowest BCUT2D eigenvalue weighted by Crippen LogP contribution is -2.20. The summed E-state index contributed by atoms with van der Waals surface area (Å²) in [7, 11) is 0. The quantitative estimate of drug-likeness (QED) is 0.797. The minimum Gasteiger partial charge on any atom is -0.379 e. The predicted molar refractivity (Wildman–Crippen MR) is 90.6 cm³/mol. The van der Waals surface area contributed by atoms with Gasteiger partial charge in [0, 0.05) is 40.4 Å². The molecular weight excluding hydrogens is 312 g/mol. The molecule has 0 radical (unpaired) electrons. The number of nitrogens with one attached hydrogen (secondary N) is 1. The van der Waals surface area contributed by atoms with Crippen molar-refractivity contribution in [2.45, 2.75) is 12.5 Å². The molecule has 1 saturated heterocycles. The second-order valence-electron chi connectivity index (χ2n) is 5.53. The molecule has 0 aliphatic carbocycles. The fourth-order valence-corrected chi connectivity index (χ4v) is 2.89. The largest absolute Gasteiger partial charge is 0.379 e. The van der Waals surface area contributed by atoms with Crippen LogP contribution >= 0.6 is 11.6 Å². The van der Waals surface area contributed by atoms with E-state index in [4.69, 9.17) is 16.3 Å². The van der Waals surface area contributed by atoms with Gasteiger partial charge in [0.25, 0.3) is 0 Å². The maximum atomic E-state index is 5.97. The van der Waals surface area contributed by atoms with Gasteiger partial charge in [0.05, 0.1) is 12.6 Å². The van der Waals surface area contributed by atoms with E-state index in [2.05, 4.69) is 20.5 Å². The van der Waals surface area contributed by atoms with Crippen molar-refractivity contribution in [3.05, 3.63) is 47.7 Å². The van der Waals surface area contributed by atoms with Crippen LogP contribution in [0.5, 0.6) is 0 Å². The fraction of sp³-hybridized carbons (Fsp3) is 0.235. The number of halogens is 1. The molecule has 0 amide bonds. The van der Waals surface area contributed by atoms with Crippen LogP contribution in [0, 0.1) is 0 Å². The van der Waals surface area contributed by atoms with Crippen molar-refractivity contribution in [2.24, 2.45) is 0 Å². The summed E-state index contributed by atoms with van der Waals surface area (Å²) in [6.07, 6.45) is 4.57. The molecule has 1 atom stereocenters. The highest BCUT2D eigenvalue weighted by atomic mass is 35.5. The minimum atomic E-state index is 0.280. The SMILES string of the molecule is Clc1ccc(-c2nnc(NC3CCOC3)c3ccncc23)cc1. The molecule has 23 heavy (non-hydrogen) atoms. The minimum absolute atomic E-state index is 0.280. The summed E-state index contributed by atoms with van der Waals surface area (Å²) in [4.78, 5) is 4.24. The topological polar surface area (TPSA) is 59.9 Å². The van der Waals surface area contributed by atoms with Crippen molar-refractivity contribution in [1.82, 2.24) is 15.2 Å². The van der Waals surface area contributed by atoms with Gasteiger partial charge in [-0.15, -0.1) is 10.2 Å². The Kier molecular flexibility index (Phi) is 3.81. The maximum Gasteiger partial charge on any atom is 0.157 e. The molecule has 0 spiro atoms. The first-order valence-corrected chi connectivity index (χ1v) is 7.90. The molecule has 1 fully saturated rings. The molecule has 2 aromatic heterocycles. The van der Waals surface area contributed by atoms with Crippen molar-refractivity contribution >= 4 is 28.2 Å². The van der Waals surface area contributed by atoms with E-state index in [0.29, 0.717) is 11.6 Å². The van der Waals surface area contributed by atoms with E-state index in [1.54, 1.807) is 6.20 Å². The number of rotatable bonds is 3. The van der Waals surface area contributed by atoms with Gasteiger partial charge in [0.15, 0.2) is 5.82 Å². The average molecular weight is 327 g/mol. The van der Waals surface area contributed by atoms with Crippen LogP contribution in [0.1, 0.15) is 6.42 Å². The van der Waals surface area contributed by atoms with Crippen molar-refractivity contribution < 1.29 is 4.74 Å². The highest BCUT2D eigenvalue weighted by Gasteiger charge is 2.18. The van der Waals surface area contributed by atoms with Crippen LogP contribution in [-0.4, -0.2) is 34.4 Å². The molecule has 3 heterocycles. The molecule has 6 heteroatoms. The molecule has 1 aliphatic heterocycles. The Hall–Kier alpha value is -2.24. The molecule has 0 bridgehead atoms. The number of aromatic nitrogens is 3. The second-order valence-corrected chi connectivity index (χ2v) is 5.97. The van der Waals surface area contributed by atoms with E-state index in [0.717, 1.165) is 40.9 Å². The van der Waals surface area contributed by atoms with Gasteiger partial charge < -0.3 is 10.1 Å². The van der Waals surface area contributed by atoms with Gasteiger partial charge in [0.1, 0.15) is 5.69 Å². The number of nitrogens with zero attached hydrogens (tertiary/aromatic N) is 3. The van der Waals surface area contributed by atoms with E-state index in [1.165, 1.54) is 0 Å². The smallest absolute Gasteiger partial charge is 0.157 e. The second kappa shape index (κ2) is 6.10. The number of hydrogen-bond donors (Lipinski definition) is 1. The van der Waals surface area contributed by atoms with Crippen LogP contribution in [0.25, 0.3) is 22.0 Å². The summed E-state index contributed by atoms with van der Waals surface area (Å²) in [5.41, 5.74) is 1.77. The monoisotopic (exact) mass is 326 g/mol. The third kappa shape index (κ3) is 2.85. The molecule has 1 unspecified atom stereocenters. The molecule has 0 saturated carbocycles. The van der Waals surface area contributed by atoms with Gasteiger partial charge in [-0.25, -0.2) is 0 Å². The Bertz CT molecular complexity index is 832. The molecule has 5 nitrogen and oxygen atoms in total. The van der Waals surface area contributed by atoms with Crippen LogP contribution in [0.2, 0.25) is 5.02 Å². The molecule has 1 N–H and O–H groups in total. The number of fused-ring (bicyclic) bond motifs is 1. The van der Waals surface area contributed by atoms with Crippen molar-refractivity contribution in [3.8, 4) is 11.3 Å².